The van der Waals surface area contributed by atoms with E-state index in [9.17, 15) is 4.79 Å². The monoisotopic (exact) mass is 244 g/mol. The number of para-hydroxylation sites is 1. The van der Waals surface area contributed by atoms with Gasteiger partial charge < -0.3 is 9.88 Å². The van der Waals surface area contributed by atoms with E-state index >= 15 is 0 Å². The number of rotatable bonds is 4. The second-order valence-electron chi connectivity index (χ2n) is 5.00. The molecule has 2 aromatic rings. The highest BCUT2D eigenvalue weighted by Gasteiger charge is 2.17. The quantitative estimate of drug-likeness (QED) is 0.839. The fourth-order valence-corrected chi connectivity index (χ4v) is 2.26. The summed E-state index contributed by atoms with van der Waals surface area (Å²) in [5.74, 6) is 0.165. The zero-order valence-corrected chi connectivity index (χ0v) is 11.4. The summed E-state index contributed by atoms with van der Waals surface area (Å²) in [5.41, 5.74) is 3.00. The molecule has 0 aliphatic carbocycles. The number of benzene rings is 1. The van der Waals surface area contributed by atoms with Crippen LogP contribution in [0.5, 0.6) is 0 Å². The first-order valence-corrected chi connectivity index (χ1v) is 6.33. The van der Waals surface area contributed by atoms with Gasteiger partial charge in [0.1, 0.15) is 0 Å². The van der Waals surface area contributed by atoms with Gasteiger partial charge in [-0.25, -0.2) is 0 Å². The van der Waals surface area contributed by atoms with Crippen LogP contribution in [0.1, 0.15) is 29.9 Å². The van der Waals surface area contributed by atoms with Crippen LogP contribution in [-0.4, -0.2) is 22.9 Å². The fourth-order valence-electron chi connectivity index (χ4n) is 2.26. The van der Waals surface area contributed by atoms with E-state index in [1.807, 2.05) is 46.0 Å². The molecule has 0 saturated carbocycles. The zero-order chi connectivity index (χ0) is 13.3. The van der Waals surface area contributed by atoms with Crippen molar-refractivity contribution >= 4 is 16.7 Å². The molecule has 1 aromatic heterocycles. The third-order valence-electron chi connectivity index (χ3n) is 3.35. The molecule has 1 heterocycles. The molecule has 0 aliphatic rings. The number of nitrogens with zero attached hydrogens (tertiary/aromatic N) is 1. The smallest absolute Gasteiger partial charge is 0.179 e. The maximum absolute atomic E-state index is 12.3. The van der Waals surface area contributed by atoms with Crippen LogP contribution in [0.25, 0.3) is 10.9 Å². The fraction of sp³-hybridized carbons (Fsp3) is 0.400. The summed E-state index contributed by atoms with van der Waals surface area (Å²) in [6.07, 6.45) is 0. The van der Waals surface area contributed by atoms with Crippen LogP contribution in [0.15, 0.2) is 24.3 Å². The highest BCUT2D eigenvalue weighted by Crippen LogP contribution is 2.24. The molecule has 0 fully saturated rings. The largest absolute Gasteiger partial charge is 0.347 e. The molecular formula is C15H20N2O. The summed E-state index contributed by atoms with van der Waals surface area (Å²) in [7, 11) is 2.00. The number of Topliss-reactive ketones (excluding diaryl/α,β-unsaturated/α-hetero) is 1. The lowest BCUT2D eigenvalue weighted by atomic mass is 10.1. The van der Waals surface area contributed by atoms with E-state index in [1.165, 1.54) is 0 Å². The molecule has 0 unspecified atom stereocenters. The Morgan fingerprint density at radius 2 is 2.00 bits per heavy atom. The SMILES string of the molecule is Cc1c(C(=O)CNC(C)C)c2ccccc2n1C. The van der Waals surface area contributed by atoms with Crippen molar-refractivity contribution in [1.29, 1.82) is 0 Å². The molecule has 18 heavy (non-hydrogen) atoms. The summed E-state index contributed by atoms with van der Waals surface area (Å²) >= 11 is 0. The average Bonchev–Trinajstić information content (AvgIpc) is 2.60. The molecule has 0 aliphatic heterocycles. The zero-order valence-electron chi connectivity index (χ0n) is 11.4. The maximum Gasteiger partial charge on any atom is 0.179 e. The minimum Gasteiger partial charge on any atom is -0.347 e. The molecule has 2 rings (SSSR count). The summed E-state index contributed by atoms with van der Waals surface area (Å²) in [6.45, 7) is 6.49. The summed E-state index contributed by atoms with van der Waals surface area (Å²) in [6, 6.07) is 8.38. The molecule has 0 bridgehead atoms. The molecular weight excluding hydrogens is 224 g/mol. The Bertz CT molecular complexity index is 581. The highest BCUT2D eigenvalue weighted by molar-refractivity contribution is 6.10. The van der Waals surface area contributed by atoms with Gasteiger partial charge in [0, 0.05) is 35.2 Å². The van der Waals surface area contributed by atoms with Crippen LogP contribution in [0.4, 0.5) is 0 Å². The minimum atomic E-state index is 0.165. The van der Waals surface area contributed by atoms with Crippen molar-refractivity contribution in [2.24, 2.45) is 7.05 Å². The topological polar surface area (TPSA) is 34.0 Å². The molecule has 0 spiro atoms. The van der Waals surface area contributed by atoms with Crippen molar-refractivity contribution in [3.05, 3.63) is 35.5 Å². The van der Waals surface area contributed by atoms with Crippen molar-refractivity contribution in [1.82, 2.24) is 9.88 Å². The third-order valence-corrected chi connectivity index (χ3v) is 3.35. The highest BCUT2D eigenvalue weighted by atomic mass is 16.1. The molecule has 1 aromatic carbocycles. The predicted octanol–water partition coefficient (Wildman–Crippen LogP) is 2.67. The number of hydrogen-bond donors (Lipinski definition) is 1. The number of aryl methyl sites for hydroxylation is 1. The third kappa shape index (κ3) is 2.18. The lowest BCUT2D eigenvalue weighted by molar-refractivity contribution is 0.0989. The van der Waals surface area contributed by atoms with Gasteiger partial charge in [-0.3, -0.25) is 4.79 Å². The van der Waals surface area contributed by atoms with Crippen LogP contribution in [0.2, 0.25) is 0 Å². The Labute approximate surface area is 108 Å². The second kappa shape index (κ2) is 4.94. The van der Waals surface area contributed by atoms with E-state index in [1.54, 1.807) is 0 Å². The van der Waals surface area contributed by atoms with E-state index < -0.39 is 0 Å². The van der Waals surface area contributed by atoms with E-state index in [0.717, 1.165) is 22.2 Å². The minimum absolute atomic E-state index is 0.165. The van der Waals surface area contributed by atoms with Crippen LogP contribution in [0.3, 0.4) is 0 Å². The molecule has 3 nitrogen and oxygen atoms in total. The Morgan fingerprint density at radius 3 is 2.67 bits per heavy atom. The van der Waals surface area contributed by atoms with E-state index in [0.29, 0.717) is 12.6 Å². The van der Waals surface area contributed by atoms with Gasteiger partial charge in [-0.15, -0.1) is 0 Å². The van der Waals surface area contributed by atoms with Crippen molar-refractivity contribution in [3.63, 3.8) is 0 Å². The number of hydrogen-bond acceptors (Lipinski definition) is 2. The number of carbonyl (C=O) groups excluding carboxylic acids is 1. The first-order valence-electron chi connectivity index (χ1n) is 6.33. The Kier molecular flexibility index (Phi) is 3.53. The Morgan fingerprint density at radius 1 is 1.33 bits per heavy atom. The van der Waals surface area contributed by atoms with E-state index in [-0.39, 0.29) is 5.78 Å². The first-order chi connectivity index (χ1) is 8.52. The molecule has 96 valence electrons. The van der Waals surface area contributed by atoms with Gasteiger partial charge >= 0.3 is 0 Å². The van der Waals surface area contributed by atoms with Crippen LogP contribution >= 0.6 is 0 Å². The van der Waals surface area contributed by atoms with E-state index in [4.69, 9.17) is 0 Å². The molecule has 0 atom stereocenters. The first kappa shape index (κ1) is 12.8. The van der Waals surface area contributed by atoms with Crippen LogP contribution < -0.4 is 5.32 Å². The average molecular weight is 244 g/mol. The van der Waals surface area contributed by atoms with Gasteiger partial charge in [0.25, 0.3) is 0 Å². The standard InChI is InChI=1S/C15H20N2O/c1-10(2)16-9-14(18)15-11(3)17(4)13-8-6-5-7-12(13)15/h5-8,10,16H,9H2,1-4H3. The number of aromatic nitrogens is 1. The molecule has 0 amide bonds. The molecule has 0 radical (unpaired) electrons. The van der Waals surface area contributed by atoms with Gasteiger partial charge in [0.2, 0.25) is 0 Å². The van der Waals surface area contributed by atoms with Gasteiger partial charge in [-0.2, -0.15) is 0 Å². The van der Waals surface area contributed by atoms with Crippen molar-refractivity contribution in [2.45, 2.75) is 26.8 Å². The summed E-state index contributed by atoms with van der Waals surface area (Å²) in [5, 5.41) is 4.24. The van der Waals surface area contributed by atoms with Gasteiger partial charge in [-0.05, 0) is 13.0 Å². The Hall–Kier alpha value is -1.61. The molecule has 3 heteroatoms. The van der Waals surface area contributed by atoms with E-state index in [2.05, 4.69) is 16.0 Å². The van der Waals surface area contributed by atoms with Gasteiger partial charge in [-0.1, -0.05) is 32.0 Å². The van der Waals surface area contributed by atoms with Crippen LogP contribution in [0, 0.1) is 6.92 Å². The molecule has 0 saturated heterocycles. The lowest BCUT2D eigenvalue weighted by Crippen LogP contribution is -2.29. The van der Waals surface area contributed by atoms with Gasteiger partial charge in [0.15, 0.2) is 5.78 Å². The second-order valence-corrected chi connectivity index (χ2v) is 5.00. The number of carbonyl (C=O) groups is 1. The maximum atomic E-state index is 12.3. The van der Waals surface area contributed by atoms with Gasteiger partial charge in [0.05, 0.1) is 6.54 Å². The number of nitrogens with one attached hydrogen (secondary N) is 1. The van der Waals surface area contributed by atoms with Crippen molar-refractivity contribution < 1.29 is 4.79 Å². The Balaban J connectivity index is 2.44. The number of fused-ring (bicyclic) bond motifs is 1. The number of ketones is 1. The summed E-state index contributed by atoms with van der Waals surface area (Å²) in [4.78, 5) is 12.3. The van der Waals surface area contributed by atoms with Crippen molar-refractivity contribution in [2.75, 3.05) is 6.54 Å². The summed E-state index contributed by atoms with van der Waals surface area (Å²) < 4.78 is 2.08. The molecule has 1 N–H and O–H groups in total. The van der Waals surface area contributed by atoms with Crippen LogP contribution in [-0.2, 0) is 7.05 Å². The lowest BCUT2D eigenvalue weighted by Gasteiger charge is -2.07. The predicted molar refractivity (Wildman–Crippen MR) is 75.1 cm³/mol. The van der Waals surface area contributed by atoms with Crippen molar-refractivity contribution in [3.8, 4) is 0 Å². The normalized spacial score (nSPS) is 11.4.